The van der Waals surface area contributed by atoms with Crippen LogP contribution in [0, 0.1) is 0 Å². The molecule has 0 saturated heterocycles. The van der Waals surface area contributed by atoms with Crippen molar-refractivity contribution < 1.29 is 9.47 Å². The van der Waals surface area contributed by atoms with E-state index in [1.807, 2.05) is 12.1 Å². The van der Waals surface area contributed by atoms with Crippen LogP contribution in [0.15, 0.2) is 30.6 Å². The lowest BCUT2D eigenvalue weighted by molar-refractivity contribution is 0.367. The molecular weight excluding hydrogens is 276 g/mol. The largest absolute Gasteiger partial charge is 0.489 e. The molecule has 0 amide bonds. The molecule has 0 N–H and O–H groups in total. The molecule has 2 aromatic rings. The molecule has 0 bridgehead atoms. The summed E-state index contributed by atoms with van der Waals surface area (Å²) >= 11 is 5.93. The van der Waals surface area contributed by atoms with Crippen LogP contribution in [-0.2, 0) is 0 Å². The van der Waals surface area contributed by atoms with Gasteiger partial charge in [0.05, 0.1) is 7.11 Å². The van der Waals surface area contributed by atoms with E-state index in [0.717, 1.165) is 6.42 Å². The predicted octanol–water partition coefficient (Wildman–Crippen LogP) is 4.44. The quantitative estimate of drug-likeness (QED) is 0.764. The van der Waals surface area contributed by atoms with Crippen molar-refractivity contribution in [3.8, 4) is 17.4 Å². The standard InChI is InChI=1S/C15H17ClN2O2/c1-4-10(2)11-5-7-12(8-6-11)20-15-13(19-3)14(16)17-9-18-15/h5-10H,4H2,1-3H3. The summed E-state index contributed by atoms with van der Waals surface area (Å²) in [6.07, 6.45) is 2.45. The molecule has 1 aromatic carbocycles. The Morgan fingerprint density at radius 1 is 1.20 bits per heavy atom. The summed E-state index contributed by atoms with van der Waals surface area (Å²) in [5.41, 5.74) is 1.28. The second-order valence-electron chi connectivity index (χ2n) is 4.48. The molecule has 0 radical (unpaired) electrons. The molecule has 4 nitrogen and oxygen atoms in total. The summed E-state index contributed by atoms with van der Waals surface area (Å²) in [5.74, 6) is 1.86. The highest BCUT2D eigenvalue weighted by Gasteiger charge is 2.12. The van der Waals surface area contributed by atoms with Gasteiger partial charge in [-0.1, -0.05) is 37.6 Å². The fourth-order valence-electron chi connectivity index (χ4n) is 1.79. The molecule has 20 heavy (non-hydrogen) atoms. The van der Waals surface area contributed by atoms with Gasteiger partial charge in [-0.15, -0.1) is 0 Å². The summed E-state index contributed by atoms with van der Waals surface area (Å²) in [6.45, 7) is 4.37. The van der Waals surface area contributed by atoms with Gasteiger partial charge in [-0.25, -0.2) is 4.98 Å². The maximum atomic E-state index is 5.93. The van der Waals surface area contributed by atoms with Gasteiger partial charge in [0.1, 0.15) is 12.1 Å². The summed E-state index contributed by atoms with van der Waals surface area (Å²) in [4.78, 5) is 7.89. The van der Waals surface area contributed by atoms with E-state index in [4.69, 9.17) is 21.1 Å². The molecule has 1 heterocycles. The molecule has 0 spiro atoms. The first kappa shape index (κ1) is 14.6. The highest BCUT2D eigenvalue weighted by atomic mass is 35.5. The van der Waals surface area contributed by atoms with Crippen LogP contribution in [0.25, 0.3) is 0 Å². The lowest BCUT2D eigenvalue weighted by atomic mass is 9.99. The first-order valence-electron chi connectivity index (χ1n) is 6.48. The minimum atomic E-state index is 0.230. The molecule has 0 aliphatic heterocycles. The molecule has 0 saturated carbocycles. The van der Waals surface area contributed by atoms with Crippen molar-refractivity contribution in [3.63, 3.8) is 0 Å². The first-order valence-corrected chi connectivity index (χ1v) is 6.85. The Morgan fingerprint density at radius 2 is 1.90 bits per heavy atom. The monoisotopic (exact) mass is 292 g/mol. The van der Waals surface area contributed by atoms with Gasteiger partial charge >= 0.3 is 0 Å². The van der Waals surface area contributed by atoms with Gasteiger partial charge in [-0.2, -0.15) is 4.98 Å². The molecule has 2 rings (SSSR count). The zero-order valence-corrected chi connectivity index (χ0v) is 12.5. The van der Waals surface area contributed by atoms with Gasteiger partial charge in [0, 0.05) is 0 Å². The van der Waals surface area contributed by atoms with E-state index in [2.05, 4.69) is 35.9 Å². The summed E-state index contributed by atoms with van der Waals surface area (Å²) in [5, 5.41) is 0.230. The minimum absolute atomic E-state index is 0.230. The third kappa shape index (κ3) is 3.20. The third-order valence-corrected chi connectivity index (χ3v) is 3.48. The third-order valence-electron chi connectivity index (χ3n) is 3.21. The van der Waals surface area contributed by atoms with E-state index in [1.54, 1.807) is 0 Å². The van der Waals surface area contributed by atoms with E-state index in [0.29, 0.717) is 23.3 Å². The average Bonchev–Trinajstić information content (AvgIpc) is 2.47. The van der Waals surface area contributed by atoms with Crippen LogP contribution >= 0.6 is 11.6 Å². The number of benzene rings is 1. The van der Waals surface area contributed by atoms with Crippen LogP contribution in [0.3, 0.4) is 0 Å². The number of nitrogens with zero attached hydrogens (tertiary/aromatic N) is 2. The number of halogens is 1. The van der Waals surface area contributed by atoms with Crippen molar-refractivity contribution in [2.24, 2.45) is 0 Å². The topological polar surface area (TPSA) is 44.2 Å². The Balaban J connectivity index is 2.20. The molecular formula is C15H17ClN2O2. The molecule has 0 aliphatic rings. The van der Waals surface area contributed by atoms with E-state index < -0.39 is 0 Å². The van der Waals surface area contributed by atoms with Gasteiger partial charge in [0.25, 0.3) is 5.88 Å². The molecule has 5 heteroatoms. The van der Waals surface area contributed by atoms with Crippen LogP contribution in [-0.4, -0.2) is 17.1 Å². The van der Waals surface area contributed by atoms with E-state index >= 15 is 0 Å². The predicted molar refractivity (Wildman–Crippen MR) is 78.8 cm³/mol. The molecule has 106 valence electrons. The Morgan fingerprint density at radius 3 is 2.50 bits per heavy atom. The maximum Gasteiger partial charge on any atom is 0.267 e. The number of ether oxygens (including phenoxy) is 2. The zero-order chi connectivity index (χ0) is 14.5. The maximum absolute atomic E-state index is 5.93. The highest BCUT2D eigenvalue weighted by molar-refractivity contribution is 6.31. The van der Waals surface area contributed by atoms with Crippen LogP contribution in [0.5, 0.6) is 17.4 Å². The van der Waals surface area contributed by atoms with E-state index in [9.17, 15) is 0 Å². The normalized spacial score (nSPS) is 12.0. The SMILES string of the molecule is CCC(C)c1ccc(Oc2ncnc(Cl)c2OC)cc1. The van der Waals surface area contributed by atoms with Crippen LogP contribution < -0.4 is 9.47 Å². The Labute approximate surface area is 123 Å². The van der Waals surface area contributed by atoms with Gasteiger partial charge < -0.3 is 9.47 Å². The molecule has 1 unspecified atom stereocenters. The summed E-state index contributed by atoms with van der Waals surface area (Å²) in [7, 11) is 1.50. The summed E-state index contributed by atoms with van der Waals surface area (Å²) in [6, 6.07) is 7.94. The van der Waals surface area contributed by atoms with E-state index in [1.165, 1.54) is 19.0 Å². The summed E-state index contributed by atoms with van der Waals surface area (Å²) < 4.78 is 10.8. The Kier molecular flexibility index (Phi) is 4.79. The van der Waals surface area contributed by atoms with Crippen LogP contribution in [0.2, 0.25) is 5.15 Å². The lowest BCUT2D eigenvalue weighted by Gasteiger charge is -2.11. The minimum Gasteiger partial charge on any atom is -0.489 e. The van der Waals surface area contributed by atoms with Crippen molar-refractivity contribution in [2.75, 3.05) is 7.11 Å². The molecule has 0 fully saturated rings. The van der Waals surface area contributed by atoms with E-state index in [-0.39, 0.29) is 5.15 Å². The van der Waals surface area contributed by atoms with Crippen molar-refractivity contribution in [1.82, 2.24) is 9.97 Å². The van der Waals surface area contributed by atoms with Gasteiger partial charge in [-0.3, -0.25) is 0 Å². The second kappa shape index (κ2) is 6.57. The van der Waals surface area contributed by atoms with Crippen molar-refractivity contribution in [2.45, 2.75) is 26.2 Å². The van der Waals surface area contributed by atoms with Crippen LogP contribution in [0.1, 0.15) is 31.7 Å². The Bertz CT molecular complexity index is 573. The average molecular weight is 293 g/mol. The first-order chi connectivity index (χ1) is 9.65. The fourth-order valence-corrected chi connectivity index (χ4v) is 2.00. The smallest absolute Gasteiger partial charge is 0.267 e. The zero-order valence-electron chi connectivity index (χ0n) is 11.8. The van der Waals surface area contributed by atoms with Gasteiger partial charge in [-0.05, 0) is 30.0 Å². The molecule has 1 atom stereocenters. The van der Waals surface area contributed by atoms with Gasteiger partial charge in [0.15, 0.2) is 5.15 Å². The number of methoxy groups -OCH3 is 1. The number of hydrogen-bond acceptors (Lipinski definition) is 4. The number of aromatic nitrogens is 2. The van der Waals surface area contributed by atoms with Crippen LogP contribution in [0.4, 0.5) is 0 Å². The van der Waals surface area contributed by atoms with Crippen molar-refractivity contribution in [1.29, 1.82) is 0 Å². The Hall–Kier alpha value is -1.81. The molecule has 1 aromatic heterocycles. The number of rotatable bonds is 5. The molecule has 0 aliphatic carbocycles. The second-order valence-corrected chi connectivity index (χ2v) is 4.84. The number of hydrogen-bond donors (Lipinski definition) is 0. The van der Waals surface area contributed by atoms with Gasteiger partial charge in [0.2, 0.25) is 5.75 Å². The van der Waals surface area contributed by atoms with Crippen molar-refractivity contribution in [3.05, 3.63) is 41.3 Å². The lowest BCUT2D eigenvalue weighted by Crippen LogP contribution is -1.96. The fraction of sp³-hybridized carbons (Fsp3) is 0.333. The van der Waals surface area contributed by atoms with Crippen molar-refractivity contribution >= 4 is 11.6 Å². The highest BCUT2D eigenvalue weighted by Crippen LogP contribution is 2.34.